The van der Waals surface area contributed by atoms with Crippen LogP contribution in [0.3, 0.4) is 0 Å². The van der Waals surface area contributed by atoms with E-state index in [-0.39, 0.29) is 0 Å². The molecule has 0 N–H and O–H groups in total. The highest BCUT2D eigenvalue weighted by atomic mass is 14.1. The maximum absolute atomic E-state index is 3.09. The summed E-state index contributed by atoms with van der Waals surface area (Å²) in [4.78, 5) is 0. The fourth-order valence-electron chi connectivity index (χ4n) is 1.95. The lowest BCUT2D eigenvalue weighted by molar-refractivity contribution is 0.541. The minimum Gasteiger partial charge on any atom is -0.0654 e. The van der Waals surface area contributed by atoms with Crippen molar-refractivity contribution in [1.82, 2.24) is 0 Å². The predicted molar refractivity (Wildman–Crippen MR) is 62.5 cm³/mol. The normalized spacial score (nSPS) is 12.7. The van der Waals surface area contributed by atoms with E-state index in [0.29, 0.717) is 0 Å². The lowest BCUT2D eigenvalue weighted by Crippen LogP contribution is -1.98. The van der Waals surface area contributed by atoms with E-state index in [0.717, 1.165) is 5.92 Å². The van der Waals surface area contributed by atoms with Gasteiger partial charge in [-0.1, -0.05) is 57.4 Å². The Hall–Kier alpha value is -0.780. The number of rotatable bonds is 6. The molecule has 1 atom stereocenters. The summed E-state index contributed by atoms with van der Waals surface area (Å²) in [5.41, 5.74) is 1.50. The van der Waals surface area contributed by atoms with E-state index in [2.05, 4.69) is 32.0 Å². The third-order valence-electron chi connectivity index (χ3n) is 2.76. The van der Waals surface area contributed by atoms with Crippen LogP contribution in [0.4, 0.5) is 0 Å². The molecule has 0 heteroatoms. The van der Waals surface area contributed by atoms with Gasteiger partial charge in [-0.15, -0.1) is 0 Å². The van der Waals surface area contributed by atoms with Crippen LogP contribution in [-0.2, 0) is 0 Å². The maximum Gasteiger partial charge on any atom is -0.0162 e. The fraction of sp³-hybridized carbons (Fsp3) is 0.571. The monoisotopic (exact) mass is 189 g/mol. The van der Waals surface area contributed by atoms with Gasteiger partial charge in [-0.25, -0.2) is 0 Å². The molecule has 14 heavy (non-hydrogen) atoms. The summed E-state index contributed by atoms with van der Waals surface area (Å²) in [5, 5.41) is 0. The minimum absolute atomic E-state index is 0.773. The molecular weight excluding hydrogens is 168 g/mol. The quantitative estimate of drug-likeness (QED) is 0.615. The summed E-state index contributed by atoms with van der Waals surface area (Å²) in [7, 11) is 0. The van der Waals surface area contributed by atoms with Gasteiger partial charge in [-0.05, 0) is 30.4 Å². The Morgan fingerprint density at radius 3 is 2.36 bits per heavy atom. The molecule has 1 aromatic carbocycles. The van der Waals surface area contributed by atoms with E-state index in [1.54, 1.807) is 0 Å². The highest BCUT2D eigenvalue weighted by Crippen LogP contribution is 2.26. The van der Waals surface area contributed by atoms with Crippen LogP contribution >= 0.6 is 0 Å². The third kappa shape index (κ3) is 3.53. The van der Waals surface area contributed by atoms with Crippen molar-refractivity contribution >= 4 is 0 Å². The molecule has 0 nitrogen and oxygen atoms in total. The lowest BCUT2D eigenvalue weighted by atomic mass is 9.90. The molecule has 1 aromatic rings. The summed E-state index contributed by atoms with van der Waals surface area (Å²) < 4.78 is 0. The summed E-state index contributed by atoms with van der Waals surface area (Å²) in [6, 6.07) is 11.6. The zero-order valence-electron chi connectivity index (χ0n) is 9.42. The second kappa shape index (κ2) is 6.64. The Labute approximate surface area is 88.4 Å². The van der Waals surface area contributed by atoms with E-state index in [1.807, 2.05) is 12.1 Å². The summed E-state index contributed by atoms with van der Waals surface area (Å²) in [6.07, 6.45) is 6.60. The SMILES string of the molecule is CCCCC(CCC)c1cc[c]cc1. The van der Waals surface area contributed by atoms with Gasteiger partial charge < -0.3 is 0 Å². The van der Waals surface area contributed by atoms with Gasteiger partial charge in [0, 0.05) is 0 Å². The summed E-state index contributed by atoms with van der Waals surface area (Å²) in [6.45, 7) is 4.54. The van der Waals surface area contributed by atoms with Crippen molar-refractivity contribution in [3.05, 3.63) is 35.9 Å². The first-order valence-electron chi connectivity index (χ1n) is 5.84. The molecule has 1 rings (SSSR count). The number of hydrogen-bond acceptors (Lipinski definition) is 0. The molecule has 0 aliphatic heterocycles. The number of hydrogen-bond donors (Lipinski definition) is 0. The first-order valence-corrected chi connectivity index (χ1v) is 5.84. The molecule has 1 radical (unpaired) electrons. The van der Waals surface area contributed by atoms with Crippen LogP contribution in [-0.4, -0.2) is 0 Å². The second-order valence-corrected chi connectivity index (χ2v) is 3.96. The highest BCUT2D eigenvalue weighted by molar-refractivity contribution is 5.18. The summed E-state index contributed by atoms with van der Waals surface area (Å²) in [5.74, 6) is 0.773. The first-order chi connectivity index (χ1) is 6.88. The smallest absolute Gasteiger partial charge is 0.0162 e. The van der Waals surface area contributed by atoms with Gasteiger partial charge in [0.05, 0.1) is 0 Å². The third-order valence-corrected chi connectivity index (χ3v) is 2.76. The van der Waals surface area contributed by atoms with Crippen molar-refractivity contribution in [2.24, 2.45) is 0 Å². The van der Waals surface area contributed by atoms with Gasteiger partial charge in [-0.3, -0.25) is 0 Å². The van der Waals surface area contributed by atoms with Crippen LogP contribution in [0, 0.1) is 6.07 Å². The molecule has 0 heterocycles. The van der Waals surface area contributed by atoms with Crippen molar-refractivity contribution in [3.63, 3.8) is 0 Å². The topological polar surface area (TPSA) is 0 Å². The van der Waals surface area contributed by atoms with Gasteiger partial charge in [0.1, 0.15) is 0 Å². The molecule has 0 spiro atoms. The van der Waals surface area contributed by atoms with Gasteiger partial charge in [0.15, 0.2) is 0 Å². The van der Waals surface area contributed by atoms with Crippen molar-refractivity contribution in [1.29, 1.82) is 0 Å². The van der Waals surface area contributed by atoms with Crippen molar-refractivity contribution < 1.29 is 0 Å². The average molecular weight is 189 g/mol. The second-order valence-electron chi connectivity index (χ2n) is 3.96. The molecule has 0 aliphatic carbocycles. The fourth-order valence-corrected chi connectivity index (χ4v) is 1.95. The van der Waals surface area contributed by atoms with Crippen molar-refractivity contribution in [2.45, 2.75) is 51.9 Å². The maximum atomic E-state index is 3.09. The largest absolute Gasteiger partial charge is 0.0654 e. The van der Waals surface area contributed by atoms with Crippen LogP contribution in [0.25, 0.3) is 0 Å². The first kappa shape index (κ1) is 11.3. The Morgan fingerprint density at radius 2 is 1.79 bits per heavy atom. The van der Waals surface area contributed by atoms with Crippen LogP contribution < -0.4 is 0 Å². The standard InChI is InChI=1S/C14H21/c1-3-5-10-13(9-4-2)14-11-7-6-8-12-14/h7-8,11-13H,3-5,9-10H2,1-2H3. The van der Waals surface area contributed by atoms with E-state index >= 15 is 0 Å². The minimum atomic E-state index is 0.773. The van der Waals surface area contributed by atoms with Crippen LogP contribution in [0.2, 0.25) is 0 Å². The molecule has 0 saturated heterocycles. The average Bonchev–Trinajstić information content (AvgIpc) is 2.25. The van der Waals surface area contributed by atoms with Gasteiger partial charge in [-0.2, -0.15) is 0 Å². The molecule has 0 bridgehead atoms. The van der Waals surface area contributed by atoms with E-state index in [4.69, 9.17) is 0 Å². The zero-order valence-corrected chi connectivity index (χ0v) is 9.42. The van der Waals surface area contributed by atoms with Crippen LogP contribution in [0.15, 0.2) is 24.3 Å². The molecule has 0 aromatic heterocycles. The Balaban J connectivity index is 2.58. The lowest BCUT2D eigenvalue weighted by Gasteiger charge is -2.15. The van der Waals surface area contributed by atoms with Gasteiger partial charge in [0.25, 0.3) is 0 Å². The molecule has 0 amide bonds. The van der Waals surface area contributed by atoms with Crippen molar-refractivity contribution in [2.75, 3.05) is 0 Å². The molecule has 1 unspecified atom stereocenters. The van der Waals surface area contributed by atoms with Crippen LogP contribution in [0.1, 0.15) is 57.4 Å². The zero-order chi connectivity index (χ0) is 10.2. The Morgan fingerprint density at radius 1 is 1.07 bits per heavy atom. The van der Waals surface area contributed by atoms with Gasteiger partial charge >= 0.3 is 0 Å². The Bertz CT molecular complexity index is 225. The number of benzene rings is 1. The Kier molecular flexibility index (Phi) is 5.36. The van der Waals surface area contributed by atoms with Crippen molar-refractivity contribution in [3.8, 4) is 0 Å². The number of unbranched alkanes of at least 4 members (excludes halogenated alkanes) is 1. The van der Waals surface area contributed by atoms with Gasteiger partial charge in [0.2, 0.25) is 0 Å². The van der Waals surface area contributed by atoms with Crippen LogP contribution in [0.5, 0.6) is 0 Å². The molecule has 0 saturated carbocycles. The summed E-state index contributed by atoms with van der Waals surface area (Å²) >= 11 is 0. The highest BCUT2D eigenvalue weighted by Gasteiger charge is 2.08. The van der Waals surface area contributed by atoms with E-state index < -0.39 is 0 Å². The molecule has 0 aliphatic rings. The van der Waals surface area contributed by atoms with E-state index in [1.165, 1.54) is 37.7 Å². The predicted octanol–water partition coefficient (Wildman–Crippen LogP) is 4.56. The molecule has 0 fully saturated rings. The molecular formula is C14H21. The van der Waals surface area contributed by atoms with E-state index in [9.17, 15) is 0 Å². The molecule has 77 valence electrons.